The predicted octanol–water partition coefficient (Wildman–Crippen LogP) is 2.39. The normalized spacial score (nSPS) is 13.2. The number of nitrogens with zero attached hydrogens (tertiary/aromatic N) is 1. The van der Waals surface area contributed by atoms with Gasteiger partial charge < -0.3 is 15.5 Å². The highest BCUT2D eigenvalue weighted by molar-refractivity contribution is 6.42. The van der Waals surface area contributed by atoms with Crippen LogP contribution in [0.4, 0.5) is 0 Å². The fraction of sp³-hybridized carbons (Fsp3) is 0.364. The minimum atomic E-state index is -0.0403. The van der Waals surface area contributed by atoms with E-state index in [1.54, 1.807) is 19.2 Å². The molecule has 0 aliphatic carbocycles. The molecule has 0 saturated carbocycles. The molecule has 3 N–H and O–H groups in total. The third-order valence-corrected chi connectivity index (χ3v) is 3.31. The monoisotopic (exact) mass is 273 g/mol. The standard InChI is InChI=1S/C11H13Cl2N3O/c1-17-6(5-14)2-11-15-9-3-7(12)8(13)4-10(9)16-11/h3-4,6H,2,5,14H2,1H3,(H,15,16). The summed E-state index contributed by atoms with van der Waals surface area (Å²) < 4.78 is 5.21. The minimum Gasteiger partial charge on any atom is -0.380 e. The number of imidazole rings is 1. The Hall–Kier alpha value is -0.810. The Kier molecular flexibility index (Phi) is 3.89. The van der Waals surface area contributed by atoms with Gasteiger partial charge in [0.25, 0.3) is 0 Å². The first kappa shape index (κ1) is 12.6. The van der Waals surface area contributed by atoms with Crippen LogP contribution in [0.5, 0.6) is 0 Å². The van der Waals surface area contributed by atoms with Gasteiger partial charge in [-0.15, -0.1) is 0 Å². The van der Waals surface area contributed by atoms with Gasteiger partial charge in [0.2, 0.25) is 0 Å². The highest BCUT2D eigenvalue weighted by Gasteiger charge is 2.11. The zero-order valence-corrected chi connectivity index (χ0v) is 10.8. The Balaban J connectivity index is 2.31. The molecule has 92 valence electrons. The number of fused-ring (bicyclic) bond motifs is 1. The van der Waals surface area contributed by atoms with Gasteiger partial charge in [0.1, 0.15) is 5.82 Å². The van der Waals surface area contributed by atoms with Gasteiger partial charge in [0.05, 0.1) is 27.2 Å². The van der Waals surface area contributed by atoms with Gasteiger partial charge in [-0.25, -0.2) is 4.98 Å². The summed E-state index contributed by atoms with van der Waals surface area (Å²) in [4.78, 5) is 7.59. The lowest BCUT2D eigenvalue weighted by Crippen LogP contribution is -2.25. The molecule has 1 aromatic heterocycles. The van der Waals surface area contributed by atoms with Gasteiger partial charge >= 0.3 is 0 Å². The molecule has 0 spiro atoms. The summed E-state index contributed by atoms with van der Waals surface area (Å²) in [7, 11) is 1.63. The average Bonchev–Trinajstić information content (AvgIpc) is 2.68. The van der Waals surface area contributed by atoms with Gasteiger partial charge in [0.15, 0.2) is 0 Å². The van der Waals surface area contributed by atoms with Crippen LogP contribution >= 0.6 is 23.2 Å². The lowest BCUT2D eigenvalue weighted by atomic mass is 10.2. The van der Waals surface area contributed by atoms with E-state index in [4.69, 9.17) is 33.7 Å². The molecular formula is C11H13Cl2N3O. The molecule has 0 aliphatic rings. The van der Waals surface area contributed by atoms with E-state index in [9.17, 15) is 0 Å². The molecule has 6 heteroatoms. The summed E-state index contributed by atoms with van der Waals surface area (Å²) in [6.07, 6.45) is 0.596. The van der Waals surface area contributed by atoms with Crippen molar-refractivity contribution in [1.29, 1.82) is 0 Å². The van der Waals surface area contributed by atoms with E-state index in [0.29, 0.717) is 23.0 Å². The third-order valence-electron chi connectivity index (χ3n) is 2.59. The molecule has 4 nitrogen and oxygen atoms in total. The van der Waals surface area contributed by atoms with E-state index >= 15 is 0 Å². The number of benzene rings is 1. The molecule has 0 saturated heterocycles. The maximum absolute atomic E-state index is 5.93. The molecule has 1 aromatic carbocycles. The number of methoxy groups -OCH3 is 1. The summed E-state index contributed by atoms with van der Waals surface area (Å²) in [5.41, 5.74) is 7.22. The number of H-pyrrole nitrogens is 1. The number of nitrogens with two attached hydrogens (primary N) is 1. The maximum Gasteiger partial charge on any atom is 0.109 e. The second kappa shape index (κ2) is 5.23. The first-order valence-electron chi connectivity index (χ1n) is 5.20. The number of rotatable bonds is 4. The Labute approximate surface area is 109 Å². The quantitative estimate of drug-likeness (QED) is 0.899. The van der Waals surface area contributed by atoms with Crippen LogP contribution in [-0.2, 0) is 11.2 Å². The molecule has 0 amide bonds. The molecule has 1 unspecified atom stereocenters. The summed E-state index contributed by atoms with van der Waals surface area (Å²) in [5, 5.41) is 1.01. The van der Waals surface area contributed by atoms with Crippen LogP contribution in [0.15, 0.2) is 12.1 Å². The van der Waals surface area contributed by atoms with Crippen molar-refractivity contribution in [3.8, 4) is 0 Å². The summed E-state index contributed by atoms with van der Waals surface area (Å²) in [6.45, 7) is 0.453. The topological polar surface area (TPSA) is 63.9 Å². The number of ether oxygens (including phenoxy) is 1. The molecule has 17 heavy (non-hydrogen) atoms. The van der Waals surface area contributed by atoms with Crippen LogP contribution in [0.2, 0.25) is 10.0 Å². The highest BCUT2D eigenvalue weighted by Crippen LogP contribution is 2.26. The van der Waals surface area contributed by atoms with Gasteiger partial charge in [-0.05, 0) is 12.1 Å². The largest absolute Gasteiger partial charge is 0.380 e. The van der Waals surface area contributed by atoms with Gasteiger partial charge in [-0.1, -0.05) is 23.2 Å². The van der Waals surface area contributed by atoms with E-state index in [2.05, 4.69) is 9.97 Å². The lowest BCUT2D eigenvalue weighted by molar-refractivity contribution is 0.108. The molecule has 2 rings (SSSR count). The van der Waals surface area contributed by atoms with Crippen molar-refractivity contribution in [3.63, 3.8) is 0 Å². The Morgan fingerprint density at radius 2 is 2.12 bits per heavy atom. The molecule has 0 radical (unpaired) electrons. The van der Waals surface area contributed by atoms with Crippen molar-refractivity contribution in [2.75, 3.05) is 13.7 Å². The van der Waals surface area contributed by atoms with E-state index < -0.39 is 0 Å². The molecule has 0 bridgehead atoms. The second-order valence-electron chi connectivity index (χ2n) is 3.76. The van der Waals surface area contributed by atoms with E-state index in [1.165, 1.54) is 0 Å². The van der Waals surface area contributed by atoms with Gasteiger partial charge in [0, 0.05) is 20.1 Å². The van der Waals surface area contributed by atoms with Crippen molar-refractivity contribution in [3.05, 3.63) is 28.0 Å². The average molecular weight is 274 g/mol. The number of nitrogens with one attached hydrogen (secondary N) is 1. The lowest BCUT2D eigenvalue weighted by Gasteiger charge is -2.09. The molecule has 0 fully saturated rings. The fourth-order valence-electron chi connectivity index (χ4n) is 1.63. The summed E-state index contributed by atoms with van der Waals surface area (Å²) in [6, 6.07) is 3.50. The van der Waals surface area contributed by atoms with Crippen LogP contribution in [0.3, 0.4) is 0 Å². The number of aromatic nitrogens is 2. The van der Waals surface area contributed by atoms with E-state index in [1.807, 2.05) is 0 Å². The molecular weight excluding hydrogens is 261 g/mol. The Morgan fingerprint density at radius 1 is 1.41 bits per heavy atom. The fourth-order valence-corrected chi connectivity index (χ4v) is 1.95. The Morgan fingerprint density at radius 3 is 2.76 bits per heavy atom. The molecule has 0 aliphatic heterocycles. The van der Waals surface area contributed by atoms with Gasteiger partial charge in [-0.3, -0.25) is 0 Å². The van der Waals surface area contributed by atoms with Crippen LogP contribution in [0, 0.1) is 0 Å². The smallest absolute Gasteiger partial charge is 0.109 e. The molecule has 1 heterocycles. The van der Waals surface area contributed by atoms with Crippen LogP contribution in [0.1, 0.15) is 5.82 Å². The maximum atomic E-state index is 5.93. The highest BCUT2D eigenvalue weighted by atomic mass is 35.5. The number of hydrogen-bond donors (Lipinski definition) is 2. The number of hydrogen-bond acceptors (Lipinski definition) is 3. The number of aromatic amines is 1. The van der Waals surface area contributed by atoms with Crippen molar-refractivity contribution in [1.82, 2.24) is 9.97 Å². The number of halogens is 2. The SMILES string of the molecule is COC(CN)Cc1nc2cc(Cl)c(Cl)cc2[nH]1. The van der Waals surface area contributed by atoms with Crippen molar-refractivity contribution < 1.29 is 4.74 Å². The second-order valence-corrected chi connectivity index (χ2v) is 4.58. The van der Waals surface area contributed by atoms with Crippen LogP contribution < -0.4 is 5.73 Å². The minimum absolute atomic E-state index is 0.0403. The van der Waals surface area contributed by atoms with Crippen molar-refractivity contribution in [2.24, 2.45) is 5.73 Å². The zero-order valence-electron chi connectivity index (χ0n) is 9.34. The van der Waals surface area contributed by atoms with E-state index in [-0.39, 0.29) is 6.10 Å². The molecule has 2 aromatic rings. The summed E-state index contributed by atoms with van der Waals surface area (Å²) >= 11 is 11.9. The van der Waals surface area contributed by atoms with E-state index in [0.717, 1.165) is 16.9 Å². The van der Waals surface area contributed by atoms with Crippen LogP contribution in [-0.4, -0.2) is 29.7 Å². The van der Waals surface area contributed by atoms with Gasteiger partial charge in [-0.2, -0.15) is 0 Å². The van der Waals surface area contributed by atoms with Crippen LogP contribution in [0.25, 0.3) is 11.0 Å². The van der Waals surface area contributed by atoms with Crippen molar-refractivity contribution in [2.45, 2.75) is 12.5 Å². The Bertz CT molecular complexity index is 484. The predicted molar refractivity (Wildman–Crippen MR) is 69.7 cm³/mol. The first-order chi connectivity index (χ1) is 8.13. The third kappa shape index (κ3) is 2.72. The molecule has 1 atom stereocenters. The zero-order chi connectivity index (χ0) is 12.4. The van der Waals surface area contributed by atoms with Crippen molar-refractivity contribution >= 4 is 34.2 Å². The summed E-state index contributed by atoms with van der Waals surface area (Å²) in [5.74, 6) is 0.815. The first-order valence-corrected chi connectivity index (χ1v) is 5.96.